The van der Waals surface area contributed by atoms with Gasteiger partial charge in [0.15, 0.2) is 0 Å². The van der Waals surface area contributed by atoms with E-state index in [-0.39, 0.29) is 25.8 Å². The highest BCUT2D eigenvalue weighted by Crippen LogP contribution is 2.38. The van der Waals surface area contributed by atoms with Crippen molar-refractivity contribution >= 4 is 13.8 Å². The standard InChI is InChI=1S/C54H98NO7P/c1-6-8-10-12-14-16-18-20-22-24-26-27-28-29-30-31-33-35-37-39-41-43-45-47-54(56)62-53(52-61-63(57,58)60-50-48-55(3,4)5)51-59-49-46-44-42-40-38-36-34-32-25-23-21-19-17-15-13-11-9-7-2/h8,10,14,16,20-23,26-27,29-30,53H,6-7,9,11-13,15,17-19,24-25,28,31-52H2,1-5H3/b10-8-,16-14-,22-20-,23-21-,27-26-,30-29-. The lowest BCUT2D eigenvalue weighted by atomic mass is 10.1. The van der Waals surface area contributed by atoms with Crippen LogP contribution >= 0.6 is 7.82 Å². The zero-order valence-electron chi connectivity index (χ0n) is 41.5. The van der Waals surface area contributed by atoms with E-state index in [0.29, 0.717) is 24.1 Å². The van der Waals surface area contributed by atoms with Gasteiger partial charge < -0.3 is 27.9 Å². The smallest absolute Gasteiger partial charge is 0.306 e. The molecule has 0 radical (unpaired) electrons. The zero-order valence-corrected chi connectivity index (χ0v) is 42.4. The number of likely N-dealkylation sites (N-methyl/N-ethyl adjacent to an activating group) is 1. The van der Waals surface area contributed by atoms with Crippen LogP contribution in [0.3, 0.4) is 0 Å². The van der Waals surface area contributed by atoms with Gasteiger partial charge in [-0.05, 0) is 83.5 Å². The minimum Gasteiger partial charge on any atom is -0.756 e. The molecule has 9 heteroatoms. The third kappa shape index (κ3) is 50.8. The molecule has 8 nitrogen and oxygen atoms in total. The first kappa shape index (κ1) is 60.9. The van der Waals surface area contributed by atoms with Gasteiger partial charge in [0, 0.05) is 13.0 Å². The molecule has 2 unspecified atom stereocenters. The number of nitrogens with zero attached hydrogens (tertiary/aromatic N) is 1. The summed E-state index contributed by atoms with van der Waals surface area (Å²) in [5.41, 5.74) is 0. The summed E-state index contributed by atoms with van der Waals surface area (Å²) in [6, 6.07) is 0. The molecule has 0 bridgehead atoms. The van der Waals surface area contributed by atoms with Crippen LogP contribution in [0.2, 0.25) is 0 Å². The average Bonchev–Trinajstić information content (AvgIpc) is 3.24. The maximum Gasteiger partial charge on any atom is 0.306 e. The van der Waals surface area contributed by atoms with E-state index in [0.717, 1.165) is 77.0 Å². The number of carbonyl (C=O) groups excluding carboxylic acids is 1. The van der Waals surface area contributed by atoms with E-state index in [1.165, 1.54) is 109 Å². The zero-order chi connectivity index (χ0) is 46.2. The number of allylic oxidation sites excluding steroid dienone is 12. The fraction of sp³-hybridized carbons (Fsp3) is 0.759. The SMILES string of the molecule is CC/C=C\C/C=C\C/C=C\C/C=C\C/C=C\CCCCCCCCCC(=O)OC(COCCCCCCCCCC/C=C\CCCCCCCC)COP(=O)([O-])OCC[N+](C)(C)C. The molecule has 0 aromatic carbocycles. The maximum absolute atomic E-state index is 12.8. The van der Waals surface area contributed by atoms with Gasteiger partial charge in [-0.15, -0.1) is 0 Å². The molecule has 0 aromatic heterocycles. The quantitative estimate of drug-likeness (QED) is 0.0197. The number of quaternary nitrogens is 1. The van der Waals surface area contributed by atoms with E-state index in [1.807, 2.05) is 21.1 Å². The second-order valence-corrected chi connectivity index (χ2v) is 19.6. The van der Waals surface area contributed by atoms with Crippen molar-refractivity contribution in [2.75, 3.05) is 54.1 Å². The van der Waals surface area contributed by atoms with Crippen molar-refractivity contribution in [1.82, 2.24) is 0 Å². The lowest BCUT2D eigenvalue weighted by Crippen LogP contribution is -2.37. The Hall–Kier alpha value is -2.06. The number of phosphoric ester groups is 1. The Labute approximate surface area is 389 Å². The highest BCUT2D eigenvalue weighted by atomic mass is 31.2. The van der Waals surface area contributed by atoms with E-state index in [9.17, 15) is 14.3 Å². The van der Waals surface area contributed by atoms with E-state index in [1.54, 1.807) is 0 Å². The molecule has 366 valence electrons. The van der Waals surface area contributed by atoms with Crippen molar-refractivity contribution in [2.45, 2.75) is 213 Å². The molecule has 0 aliphatic rings. The fourth-order valence-electron chi connectivity index (χ4n) is 6.80. The number of rotatable bonds is 47. The van der Waals surface area contributed by atoms with Crippen LogP contribution in [0.5, 0.6) is 0 Å². The monoisotopic (exact) mass is 904 g/mol. The van der Waals surface area contributed by atoms with Gasteiger partial charge in [-0.2, -0.15) is 0 Å². The van der Waals surface area contributed by atoms with Crippen LogP contribution in [-0.2, 0) is 27.9 Å². The van der Waals surface area contributed by atoms with Gasteiger partial charge in [0.25, 0.3) is 7.82 Å². The summed E-state index contributed by atoms with van der Waals surface area (Å²) in [6.07, 6.45) is 60.6. The van der Waals surface area contributed by atoms with Crippen LogP contribution in [-0.4, -0.2) is 70.7 Å². The largest absolute Gasteiger partial charge is 0.756 e. The summed E-state index contributed by atoms with van der Waals surface area (Å²) in [5, 5.41) is 0. The van der Waals surface area contributed by atoms with Gasteiger partial charge in [-0.3, -0.25) is 9.36 Å². The molecule has 0 rings (SSSR count). The normalized spacial score (nSPS) is 14.2. The van der Waals surface area contributed by atoms with Crippen molar-refractivity contribution in [2.24, 2.45) is 0 Å². The molecule has 0 aromatic rings. The van der Waals surface area contributed by atoms with Gasteiger partial charge in [0.2, 0.25) is 0 Å². The average molecular weight is 904 g/mol. The molecule has 0 aliphatic heterocycles. The third-order valence-electron chi connectivity index (χ3n) is 10.7. The number of phosphoric acid groups is 1. The minimum absolute atomic E-state index is 0.0201. The minimum atomic E-state index is -4.54. The Balaban J connectivity index is 4.19. The number of carbonyl (C=O) groups is 1. The first-order chi connectivity index (χ1) is 30.6. The first-order valence-electron chi connectivity index (χ1n) is 25.7. The lowest BCUT2D eigenvalue weighted by Gasteiger charge is -2.28. The second kappa shape index (κ2) is 46.5. The molecule has 0 aliphatic carbocycles. The molecule has 2 atom stereocenters. The molecule has 0 fully saturated rings. The Kier molecular flexibility index (Phi) is 44.9. The topological polar surface area (TPSA) is 94.1 Å². The summed E-state index contributed by atoms with van der Waals surface area (Å²) in [7, 11) is 1.34. The van der Waals surface area contributed by atoms with Crippen LogP contribution in [0, 0.1) is 0 Å². The number of hydrogen-bond acceptors (Lipinski definition) is 7. The van der Waals surface area contributed by atoms with Gasteiger partial charge in [-0.1, -0.05) is 189 Å². The summed E-state index contributed by atoms with van der Waals surface area (Å²) in [4.78, 5) is 25.2. The summed E-state index contributed by atoms with van der Waals surface area (Å²) >= 11 is 0. The molecule has 0 heterocycles. The molecule has 0 N–H and O–H groups in total. The predicted molar refractivity (Wildman–Crippen MR) is 268 cm³/mol. The van der Waals surface area contributed by atoms with Gasteiger partial charge in [0.1, 0.15) is 19.3 Å². The van der Waals surface area contributed by atoms with Crippen LogP contribution in [0.4, 0.5) is 0 Å². The molecule has 0 saturated carbocycles. The van der Waals surface area contributed by atoms with Gasteiger partial charge >= 0.3 is 5.97 Å². The third-order valence-corrected chi connectivity index (χ3v) is 11.7. The van der Waals surface area contributed by atoms with Crippen LogP contribution in [0.15, 0.2) is 72.9 Å². The van der Waals surface area contributed by atoms with E-state index in [4.69, 9.17) is 18.5 Å². The van der Waals surface area contributed by atoms with E-state index >= 15 is 0 Å². The van der Waals surface area contributed by atoms with E-state index in [2.05, 4.69) is 86.8 Å². The molecular formula is C54H98NO7P. The molecule has 0 saturated heterocycles. The number of esters is 1. The van der Waals surface area contributed by atoms with Crippen molar-refractivity contribution in [1.29, 1.82) is 0 Å². The maximum atomic E-state index is 12.8. The van der Waals surface area contributed by atoms with Crippen LogP contribution in [0.1, 0.15) is 206 Å². The summed E-state index contributed by atoms with van der Waals surface area (Å²) < 4.78 is 34.7. The predicted octanol–water partition coefficient (Wildman–Crippen LogP) is 15.2. The lowest BCUT2D eigenvalue weighted by molar-refractivity contribution is -0.870. The highest BCUT2D eigenvalue weighted by molar-refractivity contribution is 7.45. The highest BCUT2D eigenvalue weighted by Gasteiger charge is 2.20. The second-order valence-electron chi connectivity index (χ2n) is 18.1. The van der Waals surface area contributed by atoms with Crippen LogP contribution < -0.4 is 4.89 Å². The van der Waals surface area contributed by atoms with Crippen molar-refractivity contribution in [3.63, 3.8) is 0 Å². The van der Waals surface area contributed by atoms with Crippen molar-refractivity contribution in [3.05, 3.63) is 72.9 Å². The van der Waals surface area contributed by atoms with Crippen molar-refractivity contribution in [3.8, 4) is 0 Å². The number of hydrogen-bond donors (Lipinski definition) is 0. The number of unbranched alkanes of at least 4 members (excludes halogenated alkanes) is 21. The van der Waals surface area contributed by atoms with Gasteiger partial charge in [0.05, 0.1) is 34.4 Å². The molecule has 0 amide bonds. The Bertz CT molecular complexity index is 1230. The van der Waals surface area contributed by atoms with Crippen LogP contribution in [0.25, 0.3) is 0 Å². The first-order valence-corrected chi connectivity index (χ1v) is 27.1. The summed E-state index contributed by atoms with van der Waals surface area (Å²) in [5.74, 6) is -0.347. The molecule has 63 heavy (non-hydrogen) atoms. The fourth-order valence-corrected chi connectivity index (χ4v) is 7.53. The number of ether oxygens (including phenoxy) is 2. The molecule has 0 spiro atoms. The van der Waals surface area contributed by atoms with Crippen molar-refractivity contribution < 1.29 is 37.3 Å². The van der Waals surface area contributed by atoms with E-state index < -0.39 is 13.9 Å². The Morgan fingerprint density at radius 2 is 0.921 bits per heavy atom. The molecular weight excluding hydrogens is 806 g/mol. The Morgan fingerprint density at radius 3 is 1.40 bits per heavy atom. The summed E-state index contributed by atoms with van der Waals surface area (Å²) in [6.45, 7) is 5.28. The van der Waals surface area contributed by atoms with Gasteiger partial charge in [-0.25, -0.2) is 0 Å². The Morgan fingerprint density at radius 1 is 0.508 bits per heavy atom.